The number of amides is 1. The average Bonchev–Trinajstić information content (AvgIpc) is 3.09. The van der Waals surface area contributed by atoms with E-state index in [0.29, 0.717) is 22.8 Å². The zero-order valence-corrected chi connectivity index (χ0v) is 16.7. The minimum Gasteiger partial charge on any atom is -0.497 e. The van der Waals surface area contributed by atoms with Gasteiger partial charge in [0.25, 0.3) is 0 Å². The first-order valence-electron chi connectivity index (χ1n) is 8.81. The molecule has 0 spiro atoms. The van der Waals surface area contributed by atoms with Gasteiger partial charge in [-0.25, -0.2) is 0 Å². The molecule has 1 heterocycles. The predicted molar refractivity (Wildman–Crippen MR) is 106 cm³/mol. The van der Waals surface area contributed by atoms with Gasteiger partial charge in [0.15, 0.2) is 4.34 Å². The van der Waals surface area contributed by atoms with E-state index >= 15 is 0 Å². The predicted octanol–water partition coefficient (Wildman–Crippen LogP) is 4.08. The molecule has 1 aromatic carbocycles. The number of thioether (sulfide) groups is 1. The first-order valence-corrected chi connectivity index (χ1v) is 10.6. The molecule has 0 unspecified atom stereocenters. The molecule has 1 aromatic heterocycles. The average molecular weight is 393 g/mol. The van der Waals surface area contributed by atoms with Crippen molar-refractivity contribution < 1.29 is 9.53 Å². The Morgan fingerprint density at radius 2 is 2.19 bits per heavy atom. The lowest BCUT2D eigenvalue weighted by atomic mass is 9.86. The van der Waals surface area contributed by atoms with Crippen molar-refractivity contribution in [3.05, 3.63) is 24.3 Å². The second-order valence-electron chi connectivity index (χ2n) is 6.45. The number of hydrogen-bond donors (Lipinski definition) is 2. The van der Waals surface area contributed by atoms with Gasteiger partial charge in [-0.2, -0.15) is 0 Å². The molecule has 0 saturated heterocycles. The quantitative estimate of drug-likeness (QED) is 0.692. The molecule has 2 atom stereocenters. The van der Waals surface area contributed by atoms with E-state index in [1.807, 2.05) is 24.3 Å². The molecule has 2 N–H and O–H groups in total. The van der Waals surface area contributed by atoms with Crippen molar-refractivity contribution in [1.82, 2.24) is 15.5 Å². The second-order valence-corrected chi connectivity index (χ2v) is 8.65. The van der Waals surface area contributed by atoms with Crippen LogP contribution in [0.3, 0.4) is 0 Å². The third kappa shape index (κ3) is 5.35. The number of hydrogen-bond acceptors (Lipinski definition) is 7. The van der Waals surface area contributed by atoms with Crippen LogP contribution < -0.4 is 15.4 Å². The maximum atomic E-state index is 12.2. The smallest absolute Gasteiger partial charge is 0.230 e. The normalized spacial score (nSPS) is 19.8. The molecule has 1 fully saturated rings. The molecule has 6 nitrogen and oxygen atoms in total. The fraction of sp³-hybridized carbons (Fsp3) is 0.500. The Morgan fingerprint density at radius 1 is 1.35 bits per heavy atom. The summed E-state index contributed by atoms with van der Waals surface area (Å²) >= 11 is 2.86. The van der Waals surface area contributed by atoms with Gasteiger partial charge in [0.05, 0.1) is 12.9 Å². The van der Waals surface area contributed by atoms with Crippen LogP contribution in [0.1, 0.15) is 32.6 Å². The number of ether oxygens (including phenoxy) is 1. The maximum absolute atomic E-state index is 12.2. The summed E-state index contributed by atoms with van der Waals surface area (Å²) < 4.78 is 5.99. The Hall–Kier alpha value is -1.80. The van der Waals surface area contributed by atoms with Gasteiger partial charge in [0.1, 0.15) is 5.75 Å². The number of methoxy groups -OCH3 is 1. The number of aromatic nitrogens is 2. The summed E-state index contributed by atoms with van der Waals surface area (Å²) in [6, 6.07) is 7.95. The van der Waals surface area contributed by atoms with Crippen LogP contribution in [-0.4, -0.2) is 35.0 Å². The van der Waals surface area contributed by atoms with E-state index in [1.54, 1.807) is 7.11 Å². The Bertz CT molecular complexity index is 737. The lowest BCUT2D eigenvalue weighted by molar-refractivity contribution is -0.119. The van der Waals surface area contributed by atoms with Crippen LogP contribution in [0.15, 0.2) is 28.6 Å². The van der Waals surface area contributed by atoms with E-state index in [-0.39, 0.29) is 5.91 Å². The van der Waals surface area contributed by atoms with Crippen molar-refractivity contribution >= 4 is 39.8 Å². The summed E-state index contributed by atoms with van der Waals surface area (Å²) in [4.78, 5) is 12.2. The standard InChI is InChI=1S/C18H24N4O2S2/c1-12-6-3-4-9-15(12)20-16(23)11-25-18-22-21-17(26-18)19-13-7-5-8-14(10-13)24-2/h5,7-8,10,12,15H,3-4,6,9,11H2,1-2H3,(H,19,21)(H,20,23)/t12-,15+/m1/s1. The van der Waals surface area contributed by atoms with Gasteiger partial charge >= 0.3 is 0 Å². The van der Waals surface area contributed by atoms with Crippen molar-refractivity contribution in [2.75, 3.05) is 18.2 Å². The number of anilines is 2. The zero-order chi connectivity index (χ0) is 18.4. The van der Waals surface area contributed by atoms with E-state index in [1.165, 1.54) is 42.4 Å². The summed E-state index contributed by atoms with van der Waals surface area (Å²) in [6.07, 6.45) is 4.77. The number of benzene rings is 1. The Kier molecular flexibility index (Phi) is 6.73. The van der Waals surface area contributed by atoms with Gasteiger partial charge in [-0.3, -0.25) is 4.79 Å². The van der Waals surface area contributed by atoms with Crippen molar-refractivity contribution in [2.24, 2.45) is 5.92 Å². The molecule has 0 radical (unpaired) electrons. The molecule has 1 amide bonds. The number of rotatable bonds is 7. The van der Waals surface area contributed by atoms with E-state index in [2.05, 4.69) is 27.8 Å². The van der Waals surface area contributed by atoms with Crippen LogP contribution in [0.4, 0.5) is 10.8 Å². The SMILES string of the molecule is COc1cccc(Nc2nnc(SCC(=O)N[C@H]3CCCC[C@H]3C)s2)c1. The number of carbonyl (C=O) groups excluding carboxylic acids is 1. The van der Waals surface area contributed by atoms with E-state index in [9.17, 15) is 4.79 Å². The third-order valence-corrected chi connectivity index (χ3v) is 6.48. The molecular formula is C18H24N4O2S2. The molecule has 0 bridgehead atoms. The van der Waals surface area contributed by atoms with Crippen LogP contribution >= 0.6 is 23.1 Å². The Balaban J connectivity index is 1.48. The van der Waals surface area contributed by atoms with Gasteiger partial charge in [0, 0.05) is 17.8 Å². The molecule has 3 rings (SSSR count). The largest absolute Gasteiger partial charge is 0.497 e. The highest BCUT2D eigenvalue weighted by atomic mass is 32.2. The van der Waals surface area contributed by atoms with Gasteiger partial charge in [-0.1, -0.05) is 48.9 Å². The van der Waals surface area contributed by atoms with Crippen LogP contribution in [0.2, 0.25) is 0 Å². The van der Waals surface area contributed by atoms with Crippen molar-refractivity contribution in [1.29, 1.82) is 0 Å². The molecule has 2 aromatic rings. The highest BCUT2D eigenvalue weighted by Gasteiger charge is 2.22. The van der Waals surface area contributed by atoms with E-state index in [0.717, 1.165) is 22.2 Å². The maximum Gasteiger partial charge on any atom is 0.230 e. The lowest BCUT2D eigenvalue weighted by Crippen LogP contribution is -2.41. The highest BCUT2D eigenvalue weighted by Crippen LogP contribution is 2.29. The molecule has 1 aliphatic rings. The van der Waals surface area contributed by atoms with Crippen molar-refractivity contribution in [3.8, 4) is 5.75 Å². The Labute approximate surface area is 162 Å². The van der Waals surface area contributed by atoms with Crippen molar-refractivity contribution in [3.63, 3.8) is 0 Å². The van der Waals surface area contributed by atoms with E-state index in [4.69, 9.17) is 4.74 Å². The summed E-state index contributed by atoms with van der Waals surface area (Å²) in [5.74, 6) is 1.80. The fourth-order valence-electron chi connectivity index (χ4n) is 3.05. The molecule has 140 valence electrons. The Morgan fingerprint density at radius 3 is 3.00 bits per heavy atom. The van der Waals surface area contributed by atoms with Gasteiger partial charge in [0.2, 0.25) is 11.0 Å². The third-order valence-electron chi connectivity index (χ3n) is 4.51. The first kappa shape index (κ1) is 19.0. The minimum atomic E-state index is 0.0752. The summed E-state index contributed by atoms with van der Waals surface area (Å²) in [6.45, 7) is 2.22. The van der Waals surface area contributed by atoms with Crippen molar-refractivity contribution in [2.45, 2.75) is 43.0 Å². The molecular weight excluding hydrogens is 368 g/mol. The molecule has 1 saturated carbocycles. The molecule has 8 heteroatoms. The van der Waals surface area contributed by atoms with Crippen LogP contribution in [-0.2, 0) is 4.79 Å². The topological polar surface area (TPSA) is 76.1 Å². The number of nitrogens with one attached hydrogen (secondary N) is 2. The summed E-state index contributed by atoms with van der Waals surface area (Å²) in [5.41, 5.74) is 0.890. The van der Waals surface area contributed by atoms with E-state index < -0.39 is 0 Å². The number of nitrogens with zero attached hydrogens (tertiary/aromatic N) is 2. The second kappa shape index (κ2) is 9.23. The van der Waals surface area contributed by atoms with Gasteiger partial charge < -0.3 is 15.4 Å². The minimum absolute atomic E-state index is 0.0752. The van der Waals surface area contributed by atoms with Gasteiger partial charge in [-0.05, 0) is 30.9 Å². The van der Waals surface area contributed by atoms with Gasteiger partial charge in [-0.15, -0.1) is 10.2 Å². The van der Waals surface area contributed by atoms with Crippen LogP contribution in [0, 0.1) is 5.92 Å². The summed E-state index contributed by atoms with van der Waals surface area (Å²) in [5, 5.41) is 15.4. The number of carbonyl (C=O) groups is 1. The highest BCUT2D eigenvalue weighted by molar-refractivity contribution is 8.01. The zero-order valence-electron chi connectivity index (χ0n) is 15.0. The fourth-order valence-corrected chi connectivity index (χ4v) is 4.63. The lowest BCUT2D eigenvalue weighted by Gasteiger charge is -2.29. The first-order chi connectivity index (χ1) is 12.6. The monoisotopic (exact) mass is 392 g/mol. The molecule has 0 aliphatic heterocycles. The van der Waals surface area contributed by atoms with Crippen LogP contribution in [0.5, 0.6) is 5.75 Å². The van der Waals surface area contributed by atoms with Crippen LogP contribution in [0.25, 0.3) is 0 Å². The molecule has 26 heavy (non-hydrogen) atoms. The summed E-state index contributed by atoms with van der Waals surface area (Å²) in [7, 11) is 1.64. The molecule has 1 aliphatic carbocycles.